The molecular formula is C20H30O3. The van der Waals surface area contributed by atoms with Gasteiger partial charge in [0.1, 0.15) is 6.29 Å². The van der Waals surface area contributed by atoms with Gasteiger partial charge in [-0.1, -0.05) is 26.0 Å². The molecular weight excluding hydrogens is 288 g/mol. The van der Waals surface area contributed by atoms with Gasteiger partial charge in [-0.25, -0.2) is 0 Å². The minimum atomic E-state index is -0.875. The molecule has 3 fully saturated rings. The van der Waals surface area contributed by atoms with Gasteiger partial charge in [0, 0.05) is 17.8 Å². The summed E-state index contributed by atoms with van der Waals surface area (Å²) in [7, 11) is 0. The fraction of sp³-hybridized carbons (Fsp3) is 0.850. The standard InChI is InChI=1S/C20H30O3/c1-12-9-16(12)18-13(11-21)3-4-17-15(18)6-8-20(23)10-14(22)5-7-19(17,20)2/h6,8,11-18,22-23H,3-5,7,9-10H2,1-2H3/t12-,13?,14-,15?,16+,17?,18?,19+,20-/m0/s1. The van der Waals surface area contributed by atoms with E-state index in [9.17, 15) is 15.0 Å². The Labute approximate surface area is 139 Å². The lowest BCUT2D eigenvalue weighted by atomic mass is 9.47. The van der Waals surface area contributed by atoms with Gasteiger partial charge in [0.15, 0.2) is 0 Å². The number of fused-ring (bicyclic) bond motifs is 3. The summed E-state index contributed by atoms with van der Waals surface area (Å²) in [5, 5.41) is 21.3. The lowest BCUT2D eigenvalue weighted by molar-refractivity contribution is -0.162. The fourth-order valence-electron chi connectivity index (χ4n) is 6.38. The predicted octanol–water partition coefficient (Wildman–Crippen LogP) is 2.95. The van der Waals surface area contributed by atoms with E-state index in [2.05, 4.69) is 19.9 Å². The van der Waals surface area contributed by atoms with Crippen molar-refractivity contribution in [1.29, 1.82) is 0 Å². The molecule has 4 rings (SSSR count). The summed E-state index contributed by atoms with van der Waals surface area (Å²) in [6, 6.07) is 0. The monoisotopic (exact) mass is 318 g/mol. The van der Waals surface area contributed by atoms with Crippen LogP contribution in [0.2, 0.25) is 0 Å². The number of aliphatic hydroxyl groups is 2. The van der Waals surface area contributed by atoms with E-state index in [1.807, 2.05) is 6.08 Å². The number of carbonyl (C=O) groups excluding carboxylic acids is 1. The number of rotatable bonds is 2. The summed E-state index contributed by atoms with van der Waals surface area (Å²) in [5.74, 6) is 2.96. The van der Waals surface area contributed by atoms with E-state index in [0.717, 1.165) is 31.6 Å². The highest BCUT2D eigenvalue weighted by molar-refractivity contribution is 5.55. The van der Waals surface area contributed by atoms with Crippen LogP contribution < -0.4 is 0 Å². The molecule has 128 valence electrons. The average Bonchev–Trinajstić information content (AvgIpc) is 3.24. The number of hydrogen-bond acceptors (Lipinski definition) is 3. The Morgan fingerprint density at radius 1 is 1.26 bits per heavy atom. The van der Waals surface area contributed by atoms with Gasteiger partial charge < -0.3 is 15.0 Å². The Morgan fingerprint density at radius 3 is 2.65 bits per heavy atom. The number of allylic oxidation sites excluding steroid dienone is 1. The normalized spacial score (nSPS) is 58.2. The zero-order valence-electron chi connectivity index (χ0n) is 14.3. The van der Waals surface area contributed by atoms with Gasteiger partial charge >= 0.3 is 0 Å². The van der Waals surface area contributed by atoms with Crippen molar-refractivity contribution in [1.82, 2.24) is 0 Å². The van der Waals surface area contributed by atoms with E-state index >= 15 is 0 Å². The van der Waals surface area contributed by atoms with E-state index in [1.165, 1.54) is 12.7 Å². The maximum Gasteiger partial charge on any atom is 0.123 e. The first-order valence-corrected chi connectivity index (χ1v) is 9.45. The number of aliphatic hydroxyl groups excluding tert-OH is 1. The molecule has 0 aromatic heterocycles. The van der Waals surface area contributed by atoms with E-state index in [1.54, 1.807) is 0 Å². The van der Waals surface area contributed by atoms with Crippen molar-refractivity contribution in [2.45, 2.75) is 64.1 Å². The summed E-state index contributed by atoms with van der Waals surface area (Å²) >= 11 is 0. The molecule has 2 N–H and O–H groups in total. The topological polar surface area (TPSA) is 57.5 Å². The summed E-state index contributed by atoms with van der Waals surface area (Å²) < 4.78 is 0. The molecule has 23 heavy (non-hydrogen) atoms. The molecule has 4 unspecified atom stereocenters. The Kier molecular flexibility index (Phi) is 3.55. The quantitative estimate of drug-likeness (QED) is 0.608. The van der Waals surface area contributed by atoms with Gasteiger partial charge in [0.25, 0.3) is 0 Å². The highest BCUT2D eigenvalue weighted by Gasteiger charge is 2.61. The molecule has 4 aliphatic carbocycles. The second kappa shape index (κ2) is 5.16. The molecule has 0 aromatic rings. The van der Waals surface area contributed by atoms with Gasteiger partial charge in [-0.2, -0.15) is 0 Å². The van der Waals surface area contributed by atoms with Crippen LogP contribution in [-0.4, -0.2) is 28.2 Å². The SMILES string of the molecule is C[C@H]1C[C@H]1C1C(C=O)CCC2C1C=C[C@]1(O)C[C@@H](O)CC[C@]21C. The third-order valence-electron chi connectivity index (χ3n) is 8.00. The van der Waals surface area contributed by atoms with Crippen molar-refractivity contribution >= 4 is 6.29 Å². The van der Waals surface area contributed by atoms with Gasteiger partial charge in [0.05, 0.1) is 11.7 Å². The van der Waals surface area contributed by atoms with Crippen LogP contribution in [0.5, 0.6) is 0 Å². The van der Waals surface area contributed by atoms with Crippen molar-refractivity contribution < 1.29 is 15.0 Å². The molecule has 0 spiro atoms. The predicted molar refractivity (Wildman–Crippen MR) is 88.6 cm³/mol. The molecule has 0 aliphatic heterocycles. The van der Waals surface area contributed by atoms with Crippen LogP contribution >= 0.6 is 0 Å². The second-order valence-electron chi connectivity index (χ2n) is 9.11. The third-order valence-corrected chi connectivity index (χ3v) is 8.00. The molecule has 0 saturated heterocycles. The summed E-state index contributed by atoms with van der Waals surface area (Å²) in [5.41, 5.74) is -1.03. The molecule has 3 heteroatoms. The van der Waals surface area contributed by atoms with E-state index in [-0.39, 0.29) is 17.4 Å². The van der Waals surface area contributed by atoms with Crippen LogP contribution in [0.1, 0.15) is 52.4 Å². The first kappa shape index (κ1) is 15.8. The molecule has 0 bridgehead atoms. The van der Waals surface area contributed by atoms with Crippen LogP contribution in [0.25, 0.3) is 0 Å². The third kappa shape index (κ3) is 2.19. The Balaban J connectivity index is 1.71. The Morgan fingerprint density at radius 2 is 2.00 bits per heavy atom. The van der Waals surface area contributed by atoms with Crippen LogP contribution in [-0.2, 0) is 4.79 Å². The number of aldehydes is 1. The number of hydrogen-bond donors (Lipinski definition) is 2. The summed E-state index contributed by atoms with van der Waals surface area (Å²) in [6.45, 7) is 4.53. The van der Waals surface area contributed by atoms with Gasteiger partial charge in [-0.3, -0.25) is 0 Å². The fourth-order valence-corrected chi connectivity index (χ4v) is 6.38. The van der Waals surface area contributed by atoms with Crippen LogP contribution in [0, 0.1) is 40.9 Å². The highest BCUT2D eigenvalue weighted by atomic mass is 16.3. The van der Waals surface area contributed by atoms with Crippen molar-refractivity contribution in [3.63, 3.8) is 0 Å². The van der Waals surface area contributed by atoms with Crippen molar-refractivity contribution in [2.75, 3.05) is 0 Å². The zero-order chi connectivity index (χ0) is 16.4. The lowest BCUT2D eigenvalue weighted by Crippen LogP contribution is -2.60. The van der Waals surface area contributed by atoms with Crippen LogP contribution in [0.3, 0.4) is 0 Å². The first-order valence-electron chi connectivity index (χ1n) is 9.45. The van der Waals surface area contributed by atoms with Crippen LogP contribution in [0.4, 0.5) is 0 Å². The largest absolute Gasteiger partial charge is 0.393 e. The van der Waals surface area contributed by atoms with Crippen molar-refractivity contribution in [3.8, 4) is 0 Å². The molecule has 0 radical (unpaired) electrons. The Bertz CT molecular complexity index is 529. The highest BCUT2D eigenvalue weighted by Crippen LogP contribution is 2.63. The Hall–Kier alpha value is -0.670. The summed E-state index contributed by atoms with van der Waals surface area (Å²) in [4.78, 5) is 11.6. The zero-order valence-corrected chi connectivity index (χ0v) is 14.3. The van der Waals surface area contributed by atoms with Gasteiger partial charge in [0.2, 0.25) is 0 Å². The van der Waals surface area contributed by atoms with E-state index in [4.69, 9.17) is 0 Å². The van der Waals surface area contributed by atoms with Crippen molar-refractivity contribution in [3.05, 3.63) is 12.2 Å². The van der Waals surface area contributed by atoms with E-state index in [0.29, 0.717) is 30.1 Å². The average molecular weight is 318 g/mol. The smallest absolute Gasteiger partial charge is 0.123 e. The van der Waals surface area contributed by atoms with Crippen LogP contribution in [0.15, 0.2) is 12.2 Å². The molecule has 0 aromatic carbocycles. The first-order chi connectivity index (χ1) is 10.9. The molecule has 0 heterocycles. The maximum absolute atomic E-state index is 11.6. The molecule has 0 amide bonds. The minimum Gasteiger partial charge on any atom is -0.393 e. The van der Waals surface area contributed by atoms with Gasteiger partial charge in [-0.05, 0) is 61.7 Å². The molecule has 3 nitrogen and oxygen atoms in total. The van der Waals surface area contributed by atoms with E-state index < -0.39 is 5.60 Å². The second-order valence-corrected chi connectivity index (χ2v) is 9.11. The maximum atomic E-state index is 11.6. The minimum absolute atomic E-state index is 0.157. The van der Waals surface area contributed by atoms with Crippen molar-refractivity contribution in [2.24, 2.45) is 40.9 Å². The van der Waals surface area contributed by atoms with Gasteiger partial charge in [-0.15, -0.1) is 0 Å². The molecule has 9 atom stereocenters. The molecule has 4 aliphatic rings. The summed E-state index contributed by atoms with van der Waals surface area (Å²) in [6.07, 6.45) is 10.4. The molecule has 3 saturated carbocycles. The lowest BCUT2D eigenvalue weighted by Gasteiger charge is -2.60. The number of carbonyl (C=O) groups is 1.